The highest BCUT2D eigenvalue weighted by Gasteiger charge is 2.76. The number of epoxide rings is 1. The molecule has 1 saturated heterocycles. The highest BCUT2D eigenvalue weighted by molar-refractivity contribution is 5.24. The van der Waals surface area contributed by atoms with Gasteiger partial charge in [0.05, 0.1) is 12.2 Å². The van der Waals surface area contributed by atoms with E-state index in [-0.39, 0.29) is 5.60 Å². The molecule has 0 bridgehead atoms. The molecule has 0 aromatic rings. The van der Waals surface area contributed by atoms with Gasteiger partial charge in [-0.2, -0.15) is 0 Å². The Morgan fingerprint density at radius 2 is 1.77 bits per heavy atom. The number of hydrogen-bond donors (Lipinski definition) is 0. The number of methoxy groups -OCH3 is 1. The lowest BCUT2D eigenvalue weighted by molar-refractivity contribution is -0.121. The van der Waals surface area contributed by atoms with Crippen molar-refractivity contribution in [2.75, 3.05) is 7.11 Å². The molecule has 5 aliphatic rings. The molecule has 0 aromatic carbocycles. The fraction of sp³-hybridized carbons (Fsp3) is 1.00. The average molecular weight is 417 g/mol. The van der Waals surface area contributed by atoms with Crippen molar-refractivity contribution < 1.29 is 9.47 Å². The van der Waals surface area contributed by atoms with Crippen LogP contribution >= 0.6 is 0 Å². The van der Waals surface area contributed by atoms with Gasteiger partial charge in [0.1, 0.15) is 5.60 Å². The first-order chi connectivity index (χ1) is 14.2. The van der Waals surface area contributed by atoms with E-state index in [0.717, 1.165) is 41.9 Å². The van der Waals surface area contributed by atoms with Gasteiger partial charge in [-0.15, -0.1) is 0 Å². The Kier molecular flexibility index (Phi) is 5.42. The molecule has 0 N–H and O–H groups in total. The largest absolute Gasteiger partial charge is 0.381 e. The van der Waals surface area contributed by atoms with E-state index in [2.05, 4.69) is 34.6 Å². The predicted octanol–water partition coefficient (Wildman–Crippen LogP) is 7.25. The zero-order chi connectivity index (χ0) is 21.3. The van der Waals surface area contributed by atoms with Gasteiger partial charge >= 0.3 is 0 Å². The van der Waals surface area contributed by atoms with E-state index < -0.39 is 0 Å². The molecule has 4 aliphatic carbocycles. The maximum Gasteiger partial charge on any atom is 0.103 e. The van der Waals surface area contributed by atoms with Gasteiger partial charge in [0, 0.05) is 18.9 Å². The van der Waals surface area contributed by atoms with Crippen molar-refractivity contribution in [2.45, 2.75) is 123 Å². The first-order valence-corrected chi connectivity index (χ1v) is 13.5. The number of rotatable bonds is 6. The SMILES string of the molecule is CO[C@H]1CC[C@]2(C)[C@@H]3CC[C@]4(C)[C@H](CC[C@H]4[C@H](C)CCCC(C)C)[C@H]3C[C@@H]3O[C@@]32C1. The van der Waals surface area contributed by atoms with E-state index in [1.807, 2.05) is 7.11 Å². The van der Waals surface area contributed by atoms with Crippen LogP contribution in [0.15, 0.2) is 0 Å². The van der Waals surface area contributed by atoms with Gasteiger partial charge in [0.2, 0.25) is 0 Å². The van der Waals surface area contributed by atoms with Crippen LogP contribution in [-0.2, 0) is 9.47 Å². The van der Waals surface area contributed by atoms with Crippen molar-refractivity contribution in [1.82, 2.24) is 0 Å². The summed E-state index contributed by atoms with van der Waals surface area (Å²) in [6, 6.07) is 0. The predicted molar refractivity (Wildman–Crippen MR) is 123 cm³/mol. The first kappa shape index (κ1) is 21.7. The maximum atomic E-state index is 6.65. The second kappa shape index (κ2) is 7.47. The Balaban J connectivity index is 1.32. The second-order valence-corrected chi connectivity index (χ2v) is 13.2. The van der Waals surface area contributed by atoms with Crippen molar-refractivity contribution in [1.29, 1.82) is 0 Å². The summed E-state index contributed by atoms with van der Waals surface area (Å²) in [5.41, 5.74) is 1.16. The summed E-state index contributed by atoms with van der Waals surface area (Å²) in [5, 5.41) is 0. The van der Waals surface area contributed by atoms with Gasteiger partial charge in [-0.3, -0.25) is 0 Å². The van der Waals surface area contributed by atoms with Crippen molar-refractivity contribution in [2.24, 2.45) is 46.3 Å². The molecule has 1 heterocycles. The fourth-order valence-corrected chi connectivity index (χ4v) is 9.87. The van der Waals surface area contributed by atoms with Gasteiger partial charge in [-0.1, -0.05) is 53.9 Å². The third-order valence-corrected chi connectivity index (χ3v) is 11.6. The number of fused-ring (bicyclic) bond motifs is 4. The highest BCUT2D eigenvalue weighted by Crippen LogP contribution is 2.74. The van der Waals surface area contributed by atoms with Gasteiger partial charge in [-0.25, -0.2) is 0 Å². The van der Waals surface area contributed by atoms with E-state index in [0.29, 0.717) is 23.0 Å². The molecule has 5 rings (SSSR count). The summed E-state index contributed by atoms with van der Waals surface area (Å²) in [6.07, 6.45) is 16.2. The molecule has 10 atom stereocenters. The smallest absolute Gasteiger partial charge is 0.103 e. The Morgan fingerprint density at radius 1 is 0.967 bits per heavy atom. The van der Waals surface area contributed by atoms with Gasteiger partial charge in [0.15, 0.2) is 0 Å². The molecule has 30 heavy (non-hydrogen) atoms. The molecular weight excluding hydrogens is 368 g/mol. The molecule has 4 saturated carbocycles. The maximum absolute atomic E-state index is 6.65. The lowest BCUT2D eigenvalue weighted by Gasteiger charge is -2.59. The van der Waals surface area contributed by atoms with Crippen molar-refractivity contribution >= 4 is 0 Å². The molecule has 2 heteroatoms. The highest BCUT2D eigenvalue weighted by atomic mass is 16.6. The van der Waals surface area contributed by atoms with E-state index in [1.165, 1.54) is 64.2 Å². The molecule has 172 valence electrons. The summed E-state index contributed by atoms with van der Waals surface area (Å²) >= 11 is 0. The Bertz CT molecular complexity index is 645. The van der Waals surface area contributed by atoms with Gasteiger partial charge < -0.3 is 9.47 Å². The van der Waals surface area contributed by atoms with Crippen LogP contribution in [0.4, 0.5) is 0 Å². The zero-order valence-corrected chi connectivity index (χ0v) is 20.7. The molecule has 0 aromatic heterocycles. The minimum absolute atomic E-state index is 0.170. The van der Waals surface area contributed by atoms with E-state index >= 15 is 0 Å². The molecule has 0 radical (unpaired) electrons. The van der Waals surface area contributed by atoms with E-state index in [4.69, 9.17) is 9.47 Å². The molecule has 0 amide bonds. The van der Waals surface area contributed by atoms with Crippen LogP contribution in [0.25, 0.3) is 0 Å². The second-order valence-electron chi connectivity index (χ2n) is 13.2. The topological polar surface area (TPSA) is 21.8 Å². The van der Waals surface area contributed by atoms with Crippen LogP contribution in [0.1, 0.15) is 105 Å². The van der Waals surface area contributed by atoms with Crippen LogP contribution in [-0.4, -0.2) is 24.9 Å². The van der Waals surface area contributed by atoms with Crippen LogP contribution in [0.2, 0.25) is 0 Å². The standard InChI is InChI=1S/C28H48O2/c1-18(2)8-7-9-19(3)22-10-11-23-21-16-25-28(30-25)17-20(29-6)12-15-27(28,5)24(21)13-14-26(22,23)4/h18-25H,7-17H2,1-6H3/t19-,20+,21-,22+,23-,24-,25+,26+,27-,28+/m1/s1. The third kappa shape index (κ3) is 3.01. The lowest BCUT2D eigenvalue weighted by Crippen LogP contribution is -2.58. The molecule has 2 nitrogen and oxygen atoms in total. The summed E-state index contributed by atoms with van der Waals surface area (Å²) < 4.78 is 12.5. The molecule has 0 unspecified atom stereocenters. The van der Waals surface area contributed by atoms with E-state index in [1.54, 1.807) is 0 Å². The molecule has 1 spiro atoms. The zero-order valence-electron chi connectivity index (χ0n) is 20.7. The number of hydrogen-bond acceptors (Lipinski definition) is 2. The Labute approximate surface area is 186 Å². The summed E-state index contributed by atoms with van der Waals surface area (Å²) in [7, 11) is 1.90. The monoisotopic (exact) mass is 416 g/mol. The average Bonchev–Trinajstić information content (AvgIpc) is 3.28. The lowest BCUT2D eigenvalue weighted by atomic mass is 9.44. The van der Waals surface area contributed by atoms with Gasteiger partial charge in [0.25, 0.3) is 0 Å². The van der Waals surface area contributed by atoms with Crippen LogP contribution in [0, 0.1) is 46.3 Å². The minimum Gasteiger partial charge on any atom is -0.381 e. The van der Waals surface area contributed by atoms with Crippen molar-refractivity contribution in [3.63, 3.8) is 0 Å². The summed E-state index contributed by atoms with van der Waals surface area (Å²) in [6.45, 7) is 12.7. The minimum atomic E-state index is 0.170. The summed E-state index contributed by atoms with van der Waals surface area (Å²) in [5.74, 6) is 5.48. The fourth-order valence-electron chi connectivity index (χ4n) is 9.87. The van der Waals surface area contributed by atoms with E-state index in [9.17, 15) is 0 Å². The normalized spacial score (nSPS) is 52.9. The quantitative estimate of drug-likeness (QED) is 0.425. The Hall–Kier alpha value is -0.0800. The number of ether oxygens (including phenoxy) is 2. The molecule has 5 fully saturated rings. The summed E-state index contributed by atoms with van der Waals surface area (Å²) in [4.78, 5) is 0. The first-order valence-electron chi connectivity index (χ1n) is 13.5. The Morgan fingerprint density at radius 3 is 2.50 bits per heavy atom. The van der Waals surface area contributed by atoms with Crippen molar-refractivity contribution in [3.8, 4) is 0 Å². The molecular formula is C28H48O2. The third-order valence-electron chi connectivity index (χ3n) is 11.6. The van der Waals surface area contributed by atoms with Crippen LogP contribution < -0.4 is 0 Å². The van der Waals surface area contributed by atoms with Crippen molar-refractivity contribution in [3.05, 3.63) is 0 Å². The van der Waals surface area contributed by atoms with Crippen LogP contribution in [0.3, 0.4) is 0 Å². The van der Waals surface area contributed by atoms with Gasteiger partial charge in [-0.05, 0) is 85.9 Å². The molecule has 1 aliphatic heterocycles. The van der Waals surface area contributed by atoms with Crippen LogP contribution in [0.5, 0.6) is 0 Å².